The zero-order valence-corrected chi connectivity index (χ0v) is 19.1. The van der Waals surface area contributed by atoms with Crippen LogP contribution in [-0.2, 0) is 11.3 Å². The predicted molar refractivity (Wildman–Crippen MR) is 122 cm³/mol. The molecule has 1 N–H and O–H groups in total. The molecule has 0 saturated heterocycles. The average molecular weight is 474 g/mol. The Morgan fingerprint density at radius 2 is 2.12 bits per heavy atom. The van der Waals surface area contributed by atoms with E-state index < -0.39 is 5.82 Å². The molecule has 0 unspecified atom stereocenters. The molecular formula is C23H21ClFN3O3S. The van der Waals surface area contributed by atoms with Gasteiger partial charge in [0.1, 0.15) is 0 Å². The zero-order valence-electron chi connectivity index (χ0n) is 17.5. The van der Waals surface area contributed by atoms with E-state index in [-0.39, 0.29) is 17.6 Å². The largest absolute Gasteiger partial charge is 0.462 e. The molecule has 32 heavy (non-hydrogen) atoms. The Balaban J connectivity index is 1.84. The van der Waals surface area contributed by atoms with Gasteiger partial charge in [0.15, 0.2) is 5.82 Å². The molecule has 0 spiro atoms. The van der Waals surface area contributed by atoms with E-state index in [0.717, 1.165) is 15.5 Å². The van der Waals surface area contributed by atoms with Crippen LogP contribution in [0.4, 0.5) is 4.39 Å². The summed E-state index contributed by atoms with van der Waals surface area (Å²) in [6.45, 7) is 4.24. The fourth-order valence-electron chi connectivity index (χ4n) is 3.57. The van der Waals surface area contributed by atoms with Crippen molar-refractivity contribution in [2.24, 2.45) is 0 Å². The second-order valence-corrected chi connectivity index (χ2v) is 8.53. The van der Waals surface area contributed by atoms with Gasteiger partial charge >= 0.3 is 5.97 Å². The maximum absolute atomic E-state index is 15.2. The Labute approximate surface area is 193 Å². The number of rotatable bonds is 7. The molecule has 2 aromatic carbocycles. The first-order valence-corrected chi connectivity index (χ1v) is 11.2. The summed E-state index contributed by atoms with van der Waals surface area (Å²) < 4.78 is 23.7. The summed E-state index contributed by atoms with van der Waals surface area (Å²) in [5.74, 6) is -0.905. The molecule has 4 aromatic rings. The van der Waals surface area contributed by atoms with Gasteiger partial charge in [-0.25, -0.2) is 9.18 Å². The summed E-state index contributed by atoms with van der Waals surface area (Å²) in [6, 6.07) is 10.5. The van der Waals surface area contributed by atoms with Crippen LogP contribution in [0.5, 0.6) is 0 Å². The average Bonchev–Trinajstić information content (AvgIpc) is 3.34. The topological polar surface area (TPSA) is 69.3 Å². The van der Waals surface area contributed by atoms with Crippen molar-refractivity contribution < 1.29 is 19.0 Å². The first-order chi connectivity index (χ1) is 15.4. The molecule has 6 nitrogen and oxygen atoms in total. The molecule has 0 aliphatic heterocycles. The third-order valence-electron chi connectivity index (χ3n) is 4.97. The number of aliphatic hydroxyl groups is 1. The highest BCUT2D eigenvalue weighted by atomic mass is 35.5. The van der Waals surface area contributed by atoms with Crippen molar-refractivity contribution in [3.63, 3.8) is 0 Å². The summed E-state index contributed by atoms with van der Waals surface area (Å²) in [6.07, 6.45) is 3.37. The number of ether oxygens (including phenoxy) is 1. The summed E-state index contributed by atoms with van der Waals surface area (Å²) in [4.78, 5) is 13.8. The number of aliphatic hydroxyl groups excluding tert-OH is 1. The van der Waals surface area contributed by atoms with Gasteiger partial charge in [-0.15, -0.1) is 0 Å². The number of aromatic nitrogens is 3. The van der Waals surface area contributed by atoms with Crippen molar-refractivity contribution in [2.75, 3.05) is 13.2 Å². The van der Waals surface area contributed by atoms with E-state index in [1.165, 1.54) is 17.8 Å². The van der Waals surface area contributed by atoms with Crippen LogP contribution < -0.4 is 0 Å². The smallest absolute Gasteiger partial charge is 0.338 e. The summed E-state index contributed by atoms with van der Waals surface area (Å²) in [7, 11) is 0. The van der Waals surface area contributed by atoms with E-state index in [0.29, 0.717) is 35.3 Å². The number of hydrogen-bond donors (Lipinski definition) is 1. The van der Waals surface area contributed by atoms with E-state index in [9.17, 15) is 9.90 Å². The SMILES string of the molecule is CCOC(=O)c1cccc(Sc2c(C)n(-c3cnn(CCO)c3)c3c(F)c(Cl)ccc23)c1. The van der Waals surface area contributed by atoms with Gasteiger partial charge in [0.25, 0.3) is 0 Å². The molecule has 0 aliphatic carbocycles. The van der Waals surface area contributed by atoms with Gasteiger partial charge < -0.3 is 14.4 Å². The Kier molecular flexibility index (Phi) is 6.55. The van der Waals surface area contributed by atoms with Crippen molar-refractivity contribution in [3.8, 4) is 5.69 Å². The van der Waals surface area contributed by atoms with Crippen LogP contribution in [0.3, 0.4) is 0 Å². The Morgan fingerprint density at radius 3 is 2.88 bits per heavy atom. The molecule has 166 valence electrons. The van der Waals surface area contributed by atoms with Crippen molar-refractivity contribution >= 4 is 40.2 Å². The third kappa shape index (κ3) is 4.13. The van der Waals surface area contributed by atoms with Gasteiger partial charge in [-0.2, -0.15) is 5.10 Å². The quantitative estimate of drug-likeness (QED) is 0.371. The molecule has 0 fully saturated rings. The van der Waals surface area contributed by atoms with Gasteiger partial charge in [0, 0.05) is 27.1 Å². The Morgan fingerprint density at radius 1 is 1.31 bits per heavy atom. The van der Waals surface area contributed by atoms with Gasteiger partial charge in [0.05, 0.1) is 47.7 Å². The zero-order chi connectivity index (χ0) is 22.8. The first-order valence-electron chi connectivity index (χ1n) is 10.0. The maximum atomic E-state index is 15.2. The van der Waals surface area contributed by atoms with Crippen molar-refractivity contribution in [2.45, 2.75) is 30.2 Å². The first kappa shape index (κ1) is 22.4. The number of hydrogen-bond acceptors (Lipinski definition) is 5. The van der Waals surface area contributed by atoms with Crippen molar-refractivity contribution in [1.29, 1.82) is 0 Å². The molecule has 0 radical (unpaired) electrons. The second-order valence-electron chi connectivity index (χ2n) is 7.04. The van der Waals surface area contributed by atoms with Crippen LogP contribution in [0.1, 0.15) is 23.0 Å². The number of halogens is 2. The van der Waals surface area contributed by atoms with Crippen LogP contribution in [0.25, 0.3) is 16.6 Å². The van der Waals surface area contributed by atoms with Crippen LogP contribution >= 0.6 is 23.4 Å². The number of nitrogens with zero attached hydrogens (tertiary/aromatic N) is 3. The highest BCUT2D eigenvalue weighted by molar-refractivity contribution is 7.99. The number of esters is 1. The summed E-state index contributed by atoms with van der Waals surface area (Å²) in [5.41, 5.74) is 2.27. The minimum atomic E-state index is -0.519. The molecule has 9 heteroatoms. The molecule has 2 aromatic heterocycles. The van der Waals surface area contributed by atoms with Gasteiger partial charge in [-0.3, -0.25) is 4.68 Å². The minimum Gasteiger partial charge on any atom is -0.462 e. The third-order valence-corrected chi connectivity index (χ3v) is 6.47. The van der Waals surface area contributed by atoms with Crippen LogP contribution in [0.2, 0.25) is 5.02 Å². The van der Waals surface area contributed by atoms with E-state index in [1.807, 2.05) is 13.0 Å². The lowest BCUT2D eigenvalue weighted by Crippen LogP contribution is -2.04. The number of carbonyl (C=O) groups is 1. The highest BCUT2D eigenvalue weighted by Crippen LogP contribution is 2.42. The van der Waals surface area contributed by atoms with Gasteiger partial charge in [0.2, 0.25) is 0 Å². The fourth-order valence-corrected chi connectivity index (χ4v) is 4.80. The normalized spacial score (nSPS) is 11.3. The second kappa shape index (κ2) is 9.36. The van der Waals surface area contributed by atoms with Crippen molar-refractivity contribution in [3.05, 3.63) is 70.9 Å². The van der Waals surface area contributed by atoms with Crippen LogP contribution in [0, 0.1) is 12.7 Å². The lowest BCUT2D eigenvalue weighted by atomic mass is 10.2. The van der Waals surface area contributed by atoms with E-state index in [2.05, 4.69) is 5.10 Å². The van der Waals surface area contributed by atoms with E-state index in [1.54, 1.807) is 52.8 Å². The van der Waals surface area contributed by atoms with Gasteiger partial charge in [-0.05, 0) is 44.2 Å². The number of carbonyl (C=O) groups excluding carboxylic acids is 1. The summed E-state index contributed by atoms with van der Waals surface area (Å²) >= 11 is 7.54. The van der Waals surface area contributed by atoms with E-state index in [4.69, 9.17) is 16.3 Å². The predicted octanol–water partition coefficient (Wildman–Crippen LogP) is 5.25. The lowest BCUT2D eigenvalue weighted by molar-refractivity contribution is 0.0526. The van der Waals surface area contributed by atoms with Crippen molar-refractivity contribution in [1.82, 2.24) is 14.3 Å². The molecule has 4 rings (SSSR count). The number of benzene rings is 2. The van der Waals surface area contributed by atoms with Crippen LogP contribution in [0.15, 0.2) is 58.6 Å². The highest BCUT2D eigenvalue weighted by Gasteiger charge is 2.22. The Hall–Kier alpha value is -2.81. The maximum Gasteiger partial charge on any atom is 0.338 e. The monoisotopic (exact) mass is 473 g/mol. The van der Waals surface area contributed by atoms with E-state index >= 15 is 4.39 Å². The standard InChI is InChI=1S/C23H21ClFN3O3S/c1-3-31-23(30)15-5-4-6-17(11-15)32-22-14(2)28(16-12-26-27(13-16)9-10-29)21-18(22)7-8-19(24)20(21)25/h4-8,11-13,29H,3,9-10H2,1-2H3. The molecule has 2 heterocycles. The van der Waals surface area contributed by atoms with Crippen LogP contribution in [-0.4, -0.2) is 38.6 Å². The van der Waals surface area contributed by atoms with Gasteiger partial charge in [-0.1, -0.05) is 29.4 Å². The minimum absolute atomic E-state index is 0.0276. The Bertz CT molecular complexity index is 1300. The summed E-state index contributed by atoms with van der Waals surface area (Å²) in [5, 5.41) is 14.2. The lowest BCUT2D eigenvalue weighted by Gasteiger charge is -2.07. The molecule has 0 saturated carbocycles. The molecule has 0 bridgehead atoms. The number of fused-ring (bicyclic) bond motifs is 1. The fraction of sp³-hybridized carbons (Fsp3) is 0.217. The molecule has 0 amide bonds. The molecule has 0 aliphatic rings. The molecule has 0 atom stereocenters. The molecular weight excluding hydrogens is 453 g/mol.